The first-order valence-electron chi connectivity index (χ1n) is 11.9. The average Bonchev–Trinajstić information content (AvgIpc) is 3.39. The quantitative estimate of drug-likeness (QED) is 0.485. The number of hydrogen-bond donors (Lipinski definition) is 1. The van der Waals surface area contributed by atoms with Crippen LogP contribution < -0.4 is 10.1 Å². The van der Waals surface area contributed by atoms with Gasteiger partial charge in [-0.3, -0.25) is 14.4 Å². The number of nitrogens with one attached hydrogen (secondary N) is 1. The summed E-state index contributed by atoms with van der Waals surface area (Å²) < 4.78 is 12.8. The van der Waals surface area contributed by atoms with Gasteiger partial charge >= 0.3 is 5.97 Å². The van der Waals surface area contributed by atoms with Gasteiger partial charge in [-0.1, -0.05) is 31.2 Å². The summed E-state index contributed by atoms with van der Waals surface area (Å²) in [4.78, 5) is 23.4. The van der Waals surface area contributed by atoms with Crippen LogP contribution in [0.1, 0.15) is 25.0 Å². The van der Waals surface area contributed by atoms with Gasteiger partial charge in [-0.05, 0) is 37.4 Å². The number of fused-ring (bicyclic) bond motifs is 1. The summed E-state index contributed by atoms with van der Waals surface area (Å²) in [6.07, 6.45) is 7.36. The zero-order valence-corrected chi connectivity index (χ0v) is 19.6. The highest BCUT2D eigenvalue weighted by Gasteiger charge is 2.29. The molecule has 0 saturated carbocycles. The lowest BCUT2D eigenvalue weighted by Gasteiger charge is -2.37. The molecular weight excluding hydrogens is 432 g/mol. The molecule has 1 fully saturated rings. The van der Waals surface area contributed by atoms with Gasteiger partial charge in [0.25, 0.3) is 0 Å². The Morgan fingerprint density at radius 1 is 1.12 bits per heavy atom. The SMILES string of the molecule is CCOC(=O)Cn1cc(-c2cnc(NC3Cc4ccccc4C3)nc2)c(OC2CN(CC)C2)n1. The van der Waals surface area contributed by atoms with Gasteiger partial charge in [-0.2, -0.15) is 0 Å². The van der Waals surface area contributed by atoms with E-state index in [9.17, 15) is 4.79 Å². The van der Waals surface area contributed by atoms with Crippen molar-refractivity contribution in [3.63, 3.8) is 0 Å². The van der Waals surface area contributed by atoms with Crippen molar-refractivity contribution in [3.05, 3.63) is 54.0 Å². The highest BCUT2D eigenvalue weighted by molar-refractivity contribution is 5.71. The normalized spacial score (nSPS) is 16.2. The molecule has 2 aliphatic rings. The van der Waals surface area contributed by atoms with Crippen LogP contribution >= 0.6 is 0 Å². The van der Waals surface area contributed by atoms with Crippen LogP contribution in [0.5, 0.6) is 5.88 Å². The highest BCUT2D eigenvalue weighted by atomic mass is 16.5. The number of benzene rings is 1. The van der Waals surface area contributed by atoms with Crippen molar-refractivity contribution in [1.29, 1.82) is 0 Å². The van der Waals surface area contributed by atoms with E-state index >= 15 is 0 Å². The van der Waals surface area contributed by atoms with Crippen LogP contribution in [0.15, 0.2) is 42.9 Å². The van der Waals surface area contributed by atoms with Gasteiger partial charge < -0.3 is 14.8 Å². The molecule has 0 bridgehead atoms. The van der Waals surface area contributed by atoms with Crippen LogP contribution in [0, 0.1) is 0 Å². The summed E-state index contributed by atoms with van der Waals surface area (Å²) in [5.74, 6) is 0.749. The summed E-state index contributed by atoms with van der Waals surface area (Å²) in [6.45, 7) is 7.01. The third-order valence-corrected chi connectivity index (χ3v) is 6.32. The molecule has 9 heteroatoms. The van der Waals surface area contributed by atoms with E-state index in [1.54, 1.807) is 30.2 Å². The second kappa shape index (κ2) is 9.80. The first-order valence-corrected chi connectivity index (χ1v) is 11.9. The summed E-state index contributed by atoms with van der Waals surface area (Å²) >= 11 is 0. The summed E-state index contributed by atoms with van der Waals surface area (Å²) in [6, 6.07) is 8.81. The number of anilines is 1. The van der Waals surface area contributed by atoms with Crippen LogP contribution in [-0.4, -0.2) is 69.0 Å². The third-order valence-electron chi connectivity index (χ3n) is 6.32. The predicted molar refractivity (Wildman–Crippen MR) is 128 cm³/mol. The molecule has 0 spiro atoms. The maximum Gasteiger partial charge on any atom is 0.327 e. The number of esters is 1. The van der Waals surface area contributed by atoms with Crippen LogP contribution in [0.25, 0.3) is 11.1 Å². The molecule has 0 unspecified atom stereocenters. The fourth-order valence-corrected chi connectivity index (χ4v) is 4.51. The van der Waals surface area contributed by atoms with Crippen LogP contribution in [0.4, 0.5) is 5.95 Å². The van der Waals surface area contributed by atoms with E-state index in [0.717, 1.165) is 43.6 Å². The minimum Gasteiger partial charge on any atom is -0.470 e. The lowest BCUT2D eigenvalue weighted by Crippen LogP contribution is -2.53. The van der Waals surface area contributed by atoms with Gasteiger partial charge in [0.15, 0.2) is 0 Å². The van der Waals surface area contributed by atoms with E-state index in [0.29, 0.717) is 18.4 Å². The topological polar surface area (TPSA) is 94.4 Å². The predicted octanol–water partition coefficient (Wildman–Crippen LogP) is 2.57. The molecule has 178 valence electrons. The first-order chi connectivity index (χ1) is 16.6. The number of likely N-dealkylation sites (N-methyl/N-ethyl adjacent to an activating group) is 1. The fraction of sp³-hybridized carbons (Fsp3) is 0.440. The van der Waals surface area contributed by atoms with Gasteiger partial charge in [0.1, 0.15) is 12.6 Å². The summed E-state index contributed by atoms with van der Waals surface area (Å²) in [5.41, 5.74) is 4.31. The molecule has 0 amide bonds. The second-order valence-electron chi connectivity index (χ2n) is 8.76. The number of likely N-dealkylation sites (tertiary alicyclic amines) is 1. The minimum absolute atomic E-state index is 0.0265. The molecule has 3 aromatic rings. The van der Waals surface area contributed by atoms with Gasteiger partial charge in [0.05, 0.1) is 12.2 Å². The van der Waals surface area contributed by atoms with Gasteiger partial charge in [-0.25, -0.2) is 9.97 Å². The van der Waals surface area contributed by atoms with E-state index in [1.165, 1.54) is 11.1 Å². The molecule has 5 rings (SSSR count). The van der Waals surface area contributed by atoms with Crippen LogP contribution in [-0.2, 0) is 28.9 Å². The van der Waals surface area contributed by atoms with Crippen molar-refractivity contribution < 1.29 is 14.3 Å². The summed E-state index contributed by atoms with van der Waals surface area (Å²) in [7, 11) is 0. The lowest BCUT2D eigenvalue weighted by molar-refractivity contribution is -0.144. The molecular formula is C25H30N6O3. The Kier molecular flexibility index (Phi) is 6.44. The molecule has 1 aliphatic carbocycles. The zero-order valence-electron chi connectivity index (χ0n) is 19.6. The number of rotatable bonds is 9. The van der Waals surface area contributed by atoms with Gasteiger partial charge in [0, 0.05) is 43.3 Å². The van der Waals surface area contributed by atoms with E-state index in [-0.39, 0.29) is 24.7 Å². The van der Waals surface area contributed by atoms with Crippen molar-refractivity contribution in [1.82, 2.24) is 24.6 Å². The lowest BCUT2D eigenvalue weighted by atomic mass is 10.1. The maximum absolute atomic E-state index is 12.0. The monoisotopic (exact) mass is 462 g/mol. The second-order valence-corrected chi connectivity index (χ2v) is 8.76. The van der Waals surface area contributed by atoms with Crippen LogP contribution in [0.2, 0.25) is 0 Å². The average molecular weight is 463 g/mol. The number of carbonyl (C=O) groups is 1. The van der Waals surface area contributed by atoms with Crippen molar-refractivity contribution in [2.45, 2.75) is 45.4 Å². The Balaban J connectivity index is 1.30. The molecule has 34 heavy (non-hydrogen) atoms. The fourth-order valence-electron chi connectivity index (χ4n) is 4.51. The number of ether oxygens (including phenoxy) is 2. The third kappa shape index (κ3) is 4.89. The Hall–Kier alpha value is -3.46. The molecule has 1 N–H and O–H groups in total. The summed E-state index contributed by atoms with van der Waals surface area (Å²) in [5, 5.41) is 7.96. The Morgan fingerprint density at radius 2 is 1.82 bits per heavy atom. The smallest absolute Gasteiger partial charge is 0.327 e. The van der Waals surface area contributed by atoms with Gasteiger partial charge in [0.2, 0.25) is 11.8 Å². The van der Waals surface area contributed by atoms with Crippen molar-refractivity contribution in [2.24, 2.45) is 0 Å². The molecule has 0 radical (unpaired) electrons. The van der Waals surface area contributed by atoms with Crippen molar-refractivity contribution in [3.8, 4) is 17.0 Å². The van der Waals surface area contributed by atoms with Gasteiger partial charge in [-0.15, -0.1) is 5.10 Å². The molecule has 1 aliphatic heterocycles. The highest BCUT2D eigenvalue weighted by Crippen LogP contribution is 2.31. The van der Waals surface area contributed by atoms with Crippen molar-refractivity contribution >= 4 is 11.9 Å². The molecule has 1 saturated heterocycles. The largest absolute Gasteiger partial charge is 0.470 e. The molecule has 2 aromatic heterocycles. The van der Waals surface area contributed by atoms with E-state index in [2.05, 4.69) is 56.5 Å². The van der Waals surface area contributed by atoms with Crippen molar-refractivity contribution in [2.75, 3.05) is 31.6 Å². The Morgan fingerprint density at radius 3 is 2.47 bits per heavy atom. The van der Waals surface area contributed by atoms with E-state index in [4.69, 9.17) is 9.47 Å². The van der Waals surface area contributed by atoms with Crippen LogP contribution in [0.3, 0.4) is 0 Å². The minimum atomic E-state index is -0.336. The number of aromatic nitrogens is 4. The molecule has 1 aromatic carbocycles. The van der Waals surface area contributed by atoms with E-state index < -0.39 is 0 Å². The molecule has 3 heterocycles. The number of nitrogens with zero attached hydrogens (tertiary/aromatic N) is 5. The maximum atomic E-state index is 12.0. The molecule has 9 nitrogen and oxygen atoms in total. The first kappa shape index (κ1) is 22.3. The standard InChI is InChI=1S/C25H30N6O3/c1-3-30-13-21(14-30)34-24-22(15-31(29-24)16-23(32)33-4-2)19-11-26-25(27-12-19)28-20-9-17-7-5-6-8-18(17)10-20/h5-8,11-12,15,20-21H,3-4,9-10,13-14,16H2,1-2H3,(H,26,27,28). The number of hydrogen-bond acceptors (Lipinski definition) is 8. The van der Waals surface area contributed by atoms with E-state index in [1.807, 2.05) is 0 Å². The molecule has 0 atom stereocenters. The Labute approximate surface area is 199 Å². The Bertz CT molecular complexity index is 1110. The number of carbonyl (C=O) groups excluding carboxylic acids is 1. The zero-order chi connectivity index (χ0) is 23.5.